The van der Waals surface area contributed by atoms with Gasteiger partial charge >= 0.3 is 0 Å². The van der Waals surface area contributed by atoms with Crippen LogP contribution in [0.3, 0.4) is 0 Å². The lowest BCUT2D eigenvalue weighted by Gasteiger charge is -2.42. The monoisotopic (exact) mass is 362 g/mol. The molecule has 1 aliphatic heterocycles. The number of halogens is 1. The van der Waals surface area contributed by atoms with Crippen LogP contribution < -0.4 is 0 Å². The maximum absolute atomic E-state index is 9.55. The average molecular weight is 362 g/mol. The normalized spacial score (nSPS) is 32.4. The first kappa shape index (κ1) is 14.2. The highest BCUT2D eigenvalue weighted by molar-refractivity contribution is 14.1. The zero-order valence-corrected chi connectivity index (χ0v) is 12.7. The lowest BCUT2D eigenvalue weighted by Crippen LogP contribution is -2.50. The van der Waals surface area contributed by atoms with Gasteiger partial charge in [-0.15, -0.1) is 0 Å². The molecule has 3 nitrogen and oxygen atoms in total. The lowest BCUT2D eigenvalue weighted by molar-refractivity contribution is -0.239. The molecule has 18 heavy (non-hydrogen) atoms. The highest BCUT2D eigenvalue weighted by Gasteiger charge is 2.40. The molecule has 0 amide bonds. The van der Waals surface area contributed by atoms with E-state index in [-0.39, 0.29) is 11.7 Å². The molecular weight excluding hydrogens is 343 g/mol. The van der Waals surface area contributed by atoms with Crippen molar-refractivity contribution >= 4 is 22.6 Å². The van der Waals surface area contributed by atoms with E-state index in [9.17, 15) is 5.11 Å². The van der Waals surface area contributed by atoms with Crippen LogP contribution in [0.5, 0.6) is 0 Å². The number of benzene rings is 1. The van der Waals surface area contributed by atoms with Gasteiger partial charge in [-0.05, 0) is 18.9 Å². The van der Waals surface area contributed by atoms with Gasteiger partial charge in [0.25, 0.3) is 0 Å². The summed E-state index contributed by atoms with van der Waals surface area (Å²) >= 11 is 2.28. The minimum atomic E-state index is -0.641. The number of ether oxygens (including phenoxy) is 2. The minimum absolute atomic E-state index is 0.0504. The minimum Gasteiger partial charge on any atom is -0.368 e. The van der Waals surface area contributed by atoms with Crippen LogP contribution in [0.15, 0.2) is 30.3 Å². The molecule has 1 aromatic rings. The van der Waals surface area contributed by atoms with Gasteiger partial charge in [0.1, 0.15) is 0 Å². The van der Waals surface area contributed by atoms with Crippen LogP contribution in [-0.4, -0.2) is 27.5 Å². The van der Waals surface area contributed by atoms with Crippen molar-refractivity contribution in [3.05, 3.63) is 35.9 Å². The molecular formula is C14H19IO3. The molecule has 0 radical (unpaired) electrons. The maximum atomic E-state index is 9.55. The van der Waals surface area contributed by atoms with Crippen molar-refractivity contribution in [2.45, 2.75) is 44.4 Å². The molecule has 1 aromatic carbocycles. The Hall–Kier alpha value is -0.170. The smallest absolute Gasteiger partial charge is 0.155 e. The maximum Gasteiger partial charge on any atom is 0.155 e. The largest absolute Gasteiger partial charge is 0.368 e. The van der Waals surface area contributed by atoms with Gasteiger partial charge < -0.3 is 14.6 Å². The van der Waals surface area contributed by atoms with E-state index >= 15 is 0 Å². The lowest BCUT2D eigenvalue weighted by atomic mass is 9.91. The van der Waals surface area contributed by atoms with E-state index in [1.165, 1.54) is 0 Å². The zero-order chi connectivity index (χ0) is 13.0. The van der Waals surface area contributed by atoms with Crippen LogP contribution in [-0.2, 0) is 16.1 Å². The summed E-state index contributed by atoms with van der Waals surface area (Å²) in [6.07, 6.45) is 0.774. The summed E-state index contributed by atoms with van der Waals surface area (Å²) in [5.41, 5.74) is 0.855. The highest BCUT2D eigenvalue weighted by Crippen LogP contribution is 2.33. The molecule has 0 saturated carbocycles. The Kier molecular flexibility index (Phi) is 5.00. The highest BCUT2D eigenvalue weighted by atomic mass is 127. The third-order valence-corrected chi connectivity index (χ3v) is 4.24. The Morgan fingerprint density at radius 3 is 2.83 bits per heavy atom. The molecule has 0 aliphatic carbocycles. The third-order valence-electron chi connectivity index (χ3n) is 3.44. The average Bonchev–Trinajstić information content (AvgIpc) is 2.41. The Labute approximate surface area is 122 Å². The van der Waals surface area contributed by atoms with Gasteiger partial charge in [0.15, 0.2) is 6.29 Å². The van der Waals surface area contributed by atoms with Crippen LogP contribution in [0, 0.1) is 0 Å². The molecule has 100 valence electrons. The van der Waals surface area contributed by atoms with E-state index in [1.54, 1.807) is 0 Å². The third kappa shape index (κ3) is 3.44. The number of hydrogen-bond acceptors (Lipinski definition) is 3. The second-order valence-electron chi connectivity index (χ2n) is 4.86. The molecule has 0 aromatic heterocycles. The van der Waals surface area contributed by atoms with Gasteiger partial charge in [0.05, 0.1) is 18.3 Å². The molecule has 1 heterocycles. The second kappa shape index (κ2) is 6.32. The Balaban J connectivity index is 1.97. The molecule has 1 N–H and O–H groups in total. The van der Waals surface area contributed by atoms with Gasteiger partial charge in [0, 0.05) is 10.8 Å². The topological polar surface area (TPSA) is 38.7 Å². The van der Waals surface area contributed by atoms with Crippen LogP contribution in [0.2, 0.25) is 0 Å². The van der Waals surface area contributed by atoms with Crippen molar-refractivity contribution in [3.8, 4) is 0 Å². The number of rotatable bonds is 4. The van der Waals surface area contributed by atoms with Crippen LogP contribution >= 0.6 is 22.6 Å². The molecule has 1 aliphatic rings. The van der Waals surface area contributed by atoms with Crippen LogP contribution in [0.4, 0.5) is 0 Å². The van der Waals surface area contributed by atoms with Crippen LogP contribution in [0.25, 0.3) is 0 Å². The van der Waals surface area contributed by atoms with E-state index in [0.717, 1.165) is 16.4 Å². The summed E-state index contributed by atoms with van der Waals surface area (Å²) in [4.78, 5) is 0. The molecule has 1 unspecified atom stereocenters. The molecule has 0 bridgehead atoms. The summed E-state index contributed by atoms with van der Waals surface area (Å²) < 4.78 is 12.4. The summed E-state index contributed by atoms with van der Waals surface area (Å²) in [7, 11) is 0. The van der Waals surface area contributed by atoms with Crippen molar-refractivity contribution in [2.75, 3.05) is 4.43 Å². The standard InChI is InChI=1S/C14H19IO3/c1-14(8-7-13(16)18-12(14)9-15)17-10-11-5-3-2-4-6-11/h2-6,12-13,16H,7-10H2,1H3/t12-,13?,14+/m1/s1. The Morgan fingerprint density at radius 1 is 1.44 bits per heavy atom. The van der Waals surface area contributed by atoms with E-state index in [0.29, 0.717) is 13.0 Å². The van der Waals surface area contributed by atoms with Gasteiger partial charge in [-0.3, -0.25) is 0 Å². The van der Waals surface area contributed by atoms with Crippen molar-refractivity contribution in [3.63, 3.8) is 0 Å². The number of alkyl halides is 1. The Morgan fingerprint density at radius 2 is 2.17 bits per heavy atom. The number of aliphatic hydroxyl groups excluding tert-OH is 1. The molecule has 2 rings (SSSR count). The van der Waals surface area contributed by atoms with E-state index in [2.05, 4.69) is 41.6 Å². The van der Waals surface area contributed by atoms with Gasteiger partial charge in [-0.25, -0.2) is 0 Å². The summed E-state index contributed by atoms with van der Waals surface area (Å²) in [6.45, 7) is 2.66. The van der Waals surface area contributed by atoms with E-state index < -0.39 is 6.29 Å². The van der Waals surface area contributed by atoms with Gasteiger partial charge in [-0.1, -0.05) is 52.9 Å². The Bertz CT molecular complexity index is 371. The quantitative estimate of drug-likeness (QED) is 0.661. The van der Waals surface area contributed by atoms with Crippen molar-refractivity contribution < 1.29 is 14.6 Å². The van der Waals surface area contributed by atoms with E-state index in [1.807, 2.05) is 18.2 Å². The van der Waals surface area contributed by atoms with Gasteiger partial charge in [-0.2, -0.15) is 0 Å². The van der Waals surface area contributed by atoms with Crippen molar-refractivity contribution in [2.24, 2.45) is 0 Å². The number of hydrogen-bond donors (Lipinski definition) is 1. The van der Waals surface area contributed by atoms with Gasteiger partial charge in [0.2, 0.25) is 0 Å². The fourth-order valence-electron chi connectivity index (χ4n) is 2.16. The molecule has 3 atom stereocenters. The first-order valence-corrected chi connectivity index (χ1v) is 7.74. The summed E-state index contributed by atoms with van der Waals surface area (Å²) in [6, 6.07) is 10.1. The molecule has 0 spiro atoms. The predicted octanol–water partition coefficient (Wildman–Crippen LogP) is 2.89. The molecule has 4 heteroatoms. The fourth-order valence-corrected chi connectivity index (χ4v) is 3.30. The number of aliphatic hydroxyl groups is 1. The first-order chi connectivity index (χ1) is 8.64. The van der Waals surface area contributed by atoms with E-state index in [4.69, 9.17) is 9.47 Å². The fraction of sp³-hybridized carbons (Fsp3) is 0.571. The second-order valence-corrected chi connectivity index (χ2v) is 5.74. The summed E-state index contributed by atoms with van der Waals surface area (Å²) in [5, 5.41) is 9.55. The molecule has 1 saturated heterocycles. The molecule has 1 fully saturated rings. The predicted molar refractivity (Wildman–Crippen MR) is 78.6 cm³/mol. The van der Waals surface area contributed by atoms with Crippen molar-refractivity contribution in [1.29, 1.82) is 0 Å². The van der Waals surface area contributed by atoms with Crippen molar-refractivity contribution in [1.82, 2.24) is 0 Å². The summed E-state index contributed by atoms with van der Waals surface area (Å²) in [5.74, 6) is 0. The zero-order valence-electron chi connectivity index (χ0n) is 10.5. The SMILES string of the molecule is C[C@]1(OCc2ccccc2)CCC(O)O[C@@H]1CI. The first-order valence-electron chi connectivity index (χ1n) is 6.21. The van der Waals surface area contributed by atoms with Crippen LogP contribution in [0.1, 0.15) is 25.3 Å².